The molecule has 0 bridgehead atoms. The van der Waals surface area contributed by atoms with Crippen molar-refractivity contribution in [2.75, 3.05) is 11.3 Å². The van der Waals surface area contributed by atoms with Gasteiger partial charge in [-0.05, 0) is 48.9 Å². The van der Waals surface area contributed by atoms with Crippen LogP contribution in [0.5, 0.6) is 5.75 Å². The molecule has 3 rings (SSSR count). The van der Waals surface area contributed by atoms with Crippen LogP contribution in [0.1, 0.15) is 38.4 Å². The molecule has 0 spiro atoms. The quantitative estimate of drug-likeness (QED) is 0.431. The van der Waals surface area contributed by atoms with E-state index in [9.17, 15) is 17.6 Å². The molecule has 0 unspecified atom stereocenters. The average Bonchev–Trinajstić information content (AvgIpc) is 3.23. The van der Waals surface area contributed by atoms with E-state index >= 15 is 0 Å². The maximum absolute atomic E-state index is 14.2. The highest BCUT2D eigenvalue weighted by Gasteiger charge is 2.18. The number of benzene rings is 2. The lowest BCUT2D eigenvalue weighted by molar-refractivity contribution is -0.137. The fraction of sp³-hybridized carbons (Fsp3) is 0.286. The summed E-state index contributed by atoms with van der Waals surface area (Å²) >= 11 is 0. The SMILES string of the molecule is CC(C)c1noc(-c2ccc(NS(=O)(=O)c3ccc(OCCCC(=O)O)c(F)c3)cc2)n1. The molecule has 0 saturated heterocycles. The maximum atomic E-state index is 14.2. The predicted octanol–water partition coefficient (Wildman–Crippen LogP) is 4.04. The van der Waals surface area contributed by atoms with Crippen molar-refractivity contribution in [3.8, 4) is 17.2 Å². The minimum atomic E-state index is -4.05. The van der Waals surface area contributed by atoms with E-state index in [0.29, 0.717) is 17.3 Å². The molecule has 0 atom stereocenters. The molecule has 0 aliphatic heterocycles. The van der Waals surface area contributed by atoms with Crippen LogP contribution in [-0.2, 0) is 14.8 Å². The minimum Gasteiger partial charge on any atom is -0.491 e. The Labute approximate surface area is 184 Å². The molecule has 0 aliphatic rings. The van der Waals surface area contributed by atoms with Crippen molar-refractivity contribution in [3.63, 3.8) is 0 Å². The Morgan fingerprint density at radius 3 is 2.53 bits per heavy atom. The highest BCUT2D eigenvalue weighted by atomic mass is 32.2. The van der Waals surface area contributed by atoms with Crippen molar-refractivity contribution in [2.24, 2.45) is 0 Å². The first-order chi connectivity index (χ1) is 15.2. The molecule has 0 radical (unpaired) electrons. The second kappa shape index (κ2) is 9.77. The third-order valence-electron chi connectivity index (χ3n) is 4.35. The molecule has 11 heteroatoms. The van der Waals surface area contributed by atoms with Crippen LogP contribution in [0.15, 0.2) is 51.9 Å². The highest BCUT2D eigenvalue weighted by Crippen LogP contribution is 2.25. The lowest BCUT2D eigenvalue weighted by Crippen LogP contribution is -2.13. The first-order valence-electron chi connectivity index (χ1n) is 9.76. The van der Waals surface area contributed by atoms with Gasteiger partial charge in [-0.1, -0.05) is 19.0 Å². The standard InChI is InChI=1S/C21H22FN3O6S/c1-13(2)20-23-21(31-24-20)14-5-7-15(8-6-14)25-32(28,29)16-9-10-18(17(22)12-16)30-11-3-4-19(26)27/h5-10,12-13,25H,3-4,11H2,1-2H3,(H,26,27). The van der Waals surface area contributed by atoms with Crippen LogP contribution in [0, 0.1) is 5.82 Å². The van der Waals surface area contributed by atoms with Gasteiger partial charge in [0.2, 0.25) is 0 Å². The van der Waals surface area contributed by atoms with Crippen molar-refractivity contribution < 1.29 is 32.0 Å². The topological polar surface area (TPSA) is 132 Å². The van der Waals surface area contributed by atoms with Crippen molar-refractivity contribution in [1.29, 1.82) is 0 Å². The molecule has 2 aromatic carbocycles. The zero-order valence-corrected chi connectivity index (χ0v) is 18.2. The van der Waals surface area contributed by atoms with Gasteiger partial charge < -0.3 is 14.4 Å². The molecule has 2 N–H and O–H groups in total. The van der Waals surface area contributed by atoms with Gasteiger partial charge >= 0.3 is 5.97 Å². The van der Waals surface area contributed by atoms with E-state index in [1.807, 2.05) is 13.8 Å². The van der Waals surface area contributed by atoms with Gasteiger partial charge in [-0.3, -0.25) is 9.52 Å². The van der Waals surface area contributed by atoms with Gasteiger partial charge in [0.05, 0.1) is 11.5 Å². The summed E-state index contributed by atoms with van der Waals surface area (Å²) in [6.07, 6.45) is 0.0942. The van der Waals surface area contributed by atoms with E-state index < -0.39 is 21.8 Å². The molecule has 170 valence electrons. The van der Waals surface area contributed by atoms with Crippen molar-refractivity contribution in [1.82, 2.24) is 10.1 Å². The number of aromatic nitrogens is 2. The smallest absolute Gasteiger partial charge is 0.303 e. The summed E-state index contributed by atoms with van der Waals surface area (Å²) in [5, 5.41) is 12.5. The van der Waals surface area contributed by atoms with E-state index in [4.69, 9.17) is 14.4 Å². The normalized spacial score (nSPS) is 11.5. The third-order valence-corrected chi connectivity index (χ3v) is 5.73. The molecule has 3 aromatic rings. The molecule has 9 nitrogen and oxygen atoms in total. The van der Waals surface area contributed by atoms with Crippen LogP contribution in [0.2, 0.25) is 0 Å². The van der Waals surface area contributed by atoms with E-state index in [1.54, 1.807) is 12.1 Å². The number of carboxylic acid groups (broad SMARTS) is 1. The molecule has 1 heterocycles. The molecule has 1 aromatic heterocycles. The van der Waals surface area contributed by atoms with Gasteiger partial charge in [-0.2, -0.15) is 4.98 Å². The summed E-state index contributed by atoms with van der Waals surface area (Å²) in [6.45, 7) is 3.87. The molecule has 0 saturated carbocycles. The Hall–Kier alpha value is -3.47. The fourth-order valence-corrected chi connectivity index (χ4v) is 3.72. The fourth-order valence-electron chi connectivity index (χ4n) is 2.65. The Morgan fingerprint density at radius 2 is 1.94 bits per heavy atom. The number of anilines is 1. The van der Waals surface area contributed by atoms with Gasteiger partial charge in [-0.25, -0.2) is 12.8 Å². The van der Waals surface area contributed by atoms with Crippen LogP contribution >= 0.6 is 0 Å². The molecular formula is C21H22FN3O6S. The van der Waals surface area contributed by atoms with Gasteiger partial charge in [0.25, 0.3) is 15.9 Å². The monoisotopic (exact) mass is 463 g/mol. The zero-order valence-electron chi connectivity index (χ0n) is 17.4. The van der Waals surface area contributed by atoms with E-state index in [-0.39, 0.29) is 41.7 Å². The van der Waals surface area contributed by atoms with E-state index in [1.165, 1.54) is 24.3 Å². The number of carbonyl (C=O) groups is 1. The van der Waals surface area contributed by atoms with Crippen LogP contribution in [0.4, 0.5) is 10.1 Å². The van der Waals surface area contributed by atoms with Crippen molar-refractivity contribution >= 4 is 21.7 Å². The van der Waals surface area contributed by atoms with Crippen LogP contribution in [-0.4, -0.2) is 36.2 Å². The number of carboxylic acids is 1. The highest BCUT2D eigenvalue weighted by molar-refractivity contribution is 7.92. The molecule has 32 heavy (non-hydrogen) atoms. The van der Waals surface area contributed by atoms with Crippen LogP contribution < -0.4 is 9.46 Å². The summed E-state index contributed by atoms with van der Waals surface area (Å²) in [7, 11) is -4.05. The number of hydrogen-bond acceptors (Lipinski definition) is 7. The largest absolute Gasteiger partial charge is 0.491 e. The average molecular weight is 463 g/mol. The lowest BCUT2D eigenvalue weighted by atomic mass is 10.2. The second-order valence-corrected chi connectivity index (χ2v) is 8.92. The Balaban J connectivity index is 1.67. The molecular weight excluding hydrogens is 441 g/mol. The van der Waals surface area contributed by atoms with Gasteiger partial charge in [0, 0.05) is 23.6 Å². The van der Waals surface area contributed by atoms with E-state index in [0.717, 1.165) is 6.07 Å². The maximum Gasteiger partial charge on any atom is 0.303 e. The molecule has 0 fully saturated rings. The number of ether oxygens (including phenoxy) is 1. The second-order valence-electron chi connectivity index (χ2n) is 7.23. The number of nitrogens with one attached hydrogen (secondary N) is 1. The number of rotatable bonds is 10. The summed E-state index contributed by atoms with van der Waals surface area (Å²) in [4.78, 5) is 14.5. The lowest BCUT2D eigenvalue weighted by Gasteiger charge is -2.11. The van der Waals surface area contributed by atoms with Gasteiger partial charge in [0.1, 0.15) is 0 Å². The van der Waals surface area contributed by atoms with E-state index in [2.05, 4.69) is 14.9 Å². The van der Waals surface area contributed by atoms with Crippen LogP contribution in [0.3, 0.4) is 0 Å². The zero-order chi connectivity index (χ0) is 23.3. The summed E-state index contributed by atoms with van der Waals surface area (Å²) in [5.41, 5.74) is 0.898. The number of nitrogens with zero attached hydrogens (tertiary/aromatic N) is 2. The minimum absolute atomic E-state index is 0.00137. The molecule has 0 aliphatic carbocycles. The number of halogens is 1. The van der Waals surface area contributed by atoms with Crippen LogP contribution in [0.25, 0.3) is 11.5 Å². The number of hydrogen-bond donors (Lipinski definition) is 2. The van der Waals surface area contributed by atoms with Crippen molar-refractivity contribution in [3.05, 3.63) is 54.1 Å². The summed E-state index contributed by atoms with van der Waals surface area (Å²) < 4.78 is 52.2. The van der Waals surface area contributed by atoms with Gasteiger partial charge in [0.15, 0.2) is 17.4 Å². The number of aliphatic carboxylic acids is 1. The molecule has 0 amide bonds. The predicted molar refractivity (Wildman–Crippen MR) is 113 cm³/mol. The number of sulfonamides is 1. The van der Waals surface area contributed by atoms with Gasteiger partial charge in [-0.15, -0.1) is 0 Å². The Bertz CT molecular complexity index is 1190. The third kappa shape index (κ3) is 5.82. The first-order valence-corrected chi connectivity index (χ1v) is 11.2. The summed E-state index contributed by atoms with van der Waals surface area (Å²) in [5.74, 6) is -0.993. The first kappa shape index (κ1) is 23.2. The Morgan fingerprint density at radius 1 is 1.22 bits per heavy atom. The van der Waals surface area contributed by atoms with Crippen molar-refractivity contribution in [2.45, 2.75) is 37.5 Å². The summed E-state index contributed by atoms with van der Waals surface area (Å²) in [6, 6.07) is 9.56. The Kier molecular flexibility index (Phi) is 7.08.